The average Bonchev–Trinajstić information content (AvgIpc) is 3.03. The van der Waals surface area contributed by atoms with Gasteiger partial charge in [0.2, 0.25) is 0 Å². The van der Waals surface area contributed by atoms with Crippen molar-refractivity contribution < 1.29 is 13.9 Å². The third-order valence-corrected chi connectivity index (χ3v) is 4.77. The molecule has 3 aromatic rings. The van der Waals surface area contributed by atoms with E-state index >= 15 is 0 Å². The Hall–Kier alpha value is -2.55. The van der Waals surface area contributed by atoms with Crippen molar-refractivity contribution in [2.45, 2.75) is 6.54 Å². The number of methoxy groups -OCH3 is 2. The number of nitrogens with one attached hydrogen (secondary N) is 2. The standard InChI is InChI=1S/C19H17Cl2FN4O2S/c1-27-12-6-11(7-13(8-12)28-2)23-19(29)24-18-16(21)10-26(25-18)9-14-15(20)4-3-5-17(14)22/h3-8,10H,9H2,1-2H3,(H2,23,24,25,29). The van der Waals surface area contributed by atoms with Crippen LogP contribution in [0.3, 0.4) is 0 Å². The highest BCUT2D eigenvalue weighted by atomic mass is 35.5. The first-order valence-corrected chi connectivity index (χ1v) is 9.53. The molecule has 0 atom stereocenters. The molecule has 3 rings (SSSR count). The topological polar surface area (TPSA) is 60.3 Å². The van der Waals surface area contributed by atoms with Gasteiger partial charge in [0, 0.05) is 40.7 Å². The summed E-state index contributed by atoms with van der Waals surface area (Å²) in [5.41, 5.74) is 0.983. The minimum Gasteiger partial charge on any atom is -0.497 e. The van der Waals surface area contributed by atoms with Crippen LogP contribution in [0.2, 0.25) is 10.0 Å². The minimum absolute atomic E-state index is 0.125. The fourth-order valence-electron chi connectivity index (χ4n) is 2.56. The molecule has 0 unspecified atom stereocenters. The van der Waals surface area contributed by atoms with E-state index in [1.807, 2.05) is 0 Å². The van der Waals surface area contributed by atoms with E-state index in [1.165, 1.54) is 10.7 Å². The fourth-order valence-corrected chi connectivity index (χ4v) is 3.19. The summed E-state index contributed by atoms with van der Waals surface area (Å²) >= 11 is 17.6. The number of hydrogen-bond acceptors (Lipinski definition) is 4. The highest BCUT2D eigenvalue weighted by Crippen LogP contribution is 2.27. The van der Waals surface area contributed by atoms with Gasteiger partial charge >= 0.3 is 0 Å². The van der Waals surface area contributed by atoms with Crippen LogP contribution in [0, 0.1) is 5.82 Å². The van der Waals surface area contributed by atoms with Crippen molar-refractivity contribution >= 4 is 52.0 Å². The number of aromatic nitrogens is 2. The molecule has 29 heavy (non-hydrogen) atoms. The SMILES string of the molecule is COc1cc(NC(=S)Nc2nn(Cc3c(F)cccc3Cl)cc2Cl)cc(OC)c1. The zero-order valence-electron chi connectivity index (χ0n) is 15.5. The van der Waals surface area contributed by atoms with E-state index < -0.39 is 5.82 Å². The largest absolute Gasteiger partial charge is 0.497 e. The van der Waals surface area contributed by atoms with Crippen LogP contribution in [0.4, 0.5) is 15.9 Å². The van der Waals surface area contributed by atoms with E-state index in [9.17, 15) is 4.39 Å². The number of ether oxygens (including phenoxy) is 2. The van der Waals surface area contributed by atoms with Crippen molar-refractivity contribution in [1.29, 1.82) is 0 Å². The molecule has 152 valence electrons. The molecule has 1 heterocycles. The molecule has 0 saturated carbocycles. The highest BCUT2D eigenvalue weighted by Gasteiger charge is 2.13. The molecule has 0 saturated heterocycles. The van der Waals surface area contributed by atoms with Gasteiger partial charge in [0.05, 0.1) is 20.8 Å². The van der Waals surface area contributed by atoms with Crippen molar-refractivity contribution in [3.05, 3.63) is 64.0 Å². The summed E-state index contributed by atoms with van der Waals surface area (Å²) in [7, 11) is 3.12. The molecule has 0 aliphatic heterocycles. The Morgan fingerprint density at radius 2 is 1.79 bits per heavy atom. The summed E-state index contributed by atoms with van der Waals surface area (Å²) in [5, 5.41) is 11.1. The smallest absolute Gasteiger partial charge is 0.176 e. The predicted molar refractivity (Wildman–Crippen MR) is 117 cm³/mol. The molecule has 2 N–H and O–H groups in total. The van der Waals surface area contributed by atoms with Gasteiger partial charge in [-0.25, -0.2) is 4.39 Å². The summed E-state index contributed by atoms with van der Waals surface area (Å²) in [5.74, 6) is 1.13. The van der Waals surface area contributed by atoms with Gasteiger partial charge in [-0.1, -0.05) is 29.3 Å². The van der Waals surface area contributed by atoms with Crippen molar-refractivity contribution in [2.75, 3.05) is 24.9 Å². The molecule has 0 amide bonds. The maximum Gasteiger partial charge on any atom is 0.176 e. The Morgan fingerprint density at radius 3 is 2.41 bits per heavy atom. The fraction of sp³-hybridized carbons (Fsp3) is 0.158. The molecule has 0 aliphatic carbocycles. The maximum atomic E-state index is 14.0. The molecule has 6 nitrogen and oxygen atoms in total. The molecule has 1 aromatic heterocycles. The third kappa shape index (κ3) is 5.29. The first-order chi connectivity index (χ1) is 13.9. The first kappa shape index (κ1) is 21.2. The van der Waals surface area contributed by atoms with Crippen LogP contribution < -0.4 is 20.1 Å². The number of thiocarbonyl (C=S) groups is 1. The van der Waals surface area contributed by atoms with Gasteiger partial charge in [0.15, 0.2) is 10.9 Å². The second-order valence-electron chi connectivity index (χ2n) is 5.90. The van der Waals surface area contributed by atoms with Gasteiger partial charge in [0.25, 0.3) is 0 Å². The van der Waals surface area contributed by atoms with Crippen molar-refractivity contribution in [3.8, 4) is 11.5 Å². The van der Waals surface area contributed by atoms with Crippen LogP contribution in [0.15, 0.2) is 42.6 Å². The van der Waals surface area contributed by atoms with E-state index in [0.29, 0.717) is 38.6 Å². The number of nitrogens with zero attached hydrogens (tertiary/aromatic N) is 2. The number of hydrogen-bond donors (Lipinski definition) is 2. The average molecular weight is 455 g/mol. The van der Waals surface area contributed by atoms with E-state index in [1.54, 1.807) is 50.7 Å². The Kier molecular flexibility index (Phi) is 6.79. The van der Waals surface area contributed by atoms with Crippen LogP contribution in [0.1, 0.15) is 5.56 Å². The molecular weight excluding hydrogens is 438 g/mol. The van der Waals surface area contributed by atoms with Gasteiger partial charge < -0.3 is 20.1 Å². The Balaban J connectivity index is 1.72. The lowest BCUT2D eigenvalue weighted by Crippen LogP contribution is -2.20. The van der Waals surface area contributed by atoms with Crippen LogP contribution in [0.25, 0.3) is 0 Å². The number of benzene rings is 2. The number of rotatable bonds is 6. The third-order valence-electron chi connectivity index (χ3n) is 3.94. The zero-order valence-corrected chi connectivity index (χ0v) is 17.8. The lowest BCUT2D eigenvalue weighted by atomic mass is 10.2. The number of anilines is 2. The number of halogens is 3. The summed E-state index contributed by atoms with van der Waals surface area (Å²) in [6.45, 7) is 0.125. The Labute approximate surface area is 182 Å². The molecule has 10 heteroatoms. The second kappa shape index (κ2) is 9.30. The maximum absolute atomic E-state index is 14.0. The van der Waals surface area contributed by atoms with E-state index in [0.717, 1.165) is 0 Å². The van der Waals surface area contributed by atoms with Crippen molar-refractivity contribution in [2.24, 2.45) is 0 Å². The minimum atomic E-state index is -0.414. The highest BCUT2D eigenvalue weighted by molar-refractivity contribution is 7.80. The molecule has 0 fully saturated rings. The van der Waals surface area contributed by atoms with Crippen molar-refractivity contribution in [3.63, 3.8) is 0 Å². The summed E-state index contributed by atoms with van der Waals surface area (Å²) in [6.07, 6.45) is 1.56. The Morgan fingerprint density at radius 1 is 1.10 bits per heavy atom. The van der Waals surface area contributed by atoms with Gasteiger partial charge in [-0.3, -0.25) is 4.68 Å². The Bertz CT molecular complexity index is 1000. The zero-order chi connectivity index (χ0) is 21.0. The molecule has 0 aliphatic rings. The molecule has 0 bridgehead atoms. The summed E-state index contributed by atoms with van der Waals surface area (Å²) < 4.78 is 25.9. The van der Waals surface area contributed by atoms with E-state index in [2.05, 4.69) is 15.7 Å². The van der Waals surface area contributed by atoms with Crippen LogP contribution >= 0.6 is 35.4 Å². The van der Waals surface area contributed by atoms with Gasteiger partial charge in [-0.2, -0.15) is 5.10 Å². The predicted octanol–water partition coefficient (Wildman–Crippen LogP) is 5.20. The van der Waals surface area contributed by atoms with Gasteiger partial charge in [-0.05, 0) is 24.4 Å². The quantitative estimate of drug-likeness (QED) is 0.498. The molecular formula is C19H17Cl2FN4O2S. The van der Waals surface area contributed by atoms with E-state index in [4.69, 9.17) is 44.9 Å². The first-order valence-electron chi connectivity index (χ1n) is 8.36. The lowest BCUT2D eigenvalue weighted by Gasteiger charge is -2.12. The van der Waals surface area contributed by atoms with E-state index in [-0.39, 0.29) is 11.7 Å². The normalized spacial score (nSPS) is 10.5. The van der Waals surface area contributed by atoms with Gasteiger partial charge in [0.1, 0.15) is 22.3 Å². The molecule has 0 radical (unpaired) electrons. The van der Waals surface area contributed by atoms with Crippen LogP contribution in [-0.2, 0) is 6.54 Å². The lowest BCUT2D eigenvalue weighted by molar-refractivity contribution is 0.395. The summed E-state index contributed by atoms with van der Waals surface area (Å²) in [4.78, 5) is 0. The second-order valence-corrected chi connectivity index (χ2v) is 7.13. The summed E-state index contributed by atoms with van der Waals surface area (Å²) in [6, 6.07) is 9.77. The monoisotopic (exact) mass is 454 g/mol. The van der Waals surface area contributed by atoms with Gasteiger partial charge in [-0.15, -0.1) is 0 Å². The van der Waals surface area contributed by atoms with Crippen LogP contribution in [0.5, 0.6) is 11.5 Å². The molecule has 2 aromatic carbocycles. The van der Waals surface area contributed by atoms with Crippen molar-refractivity contribution in [1.82, 2.24) is 9.78 Å². The molecule has 0 spiro atoms. The van der Waals surface area contributed by atoms with Crippen LogP contribution in [-0.4, -0.2) is 29.1 Å².